The predicted molar refractivity (Wildman–Crippen MR) is 133 cm³/mol. The van der Waals surface area contributed by atoms with Crippen LogP contribution >= 0.6 is 0 Å². The van der Waals surface area contributed by atoms with Crippen LogP contribution in [0.4, 0.5) is 4.39 Å². The Morgan fingerprint density at radius 2 is 1.81 bits per heavy atom. The lowest BCUT2D eigenvalue weighted by atomic mass is 10.2. The van der Waals surface area contributed by atoms with Gasteiger partial charge in [-0.05, 0) is 42.3 Å². The van der Waals surface area contributed by atoms with E-state index in [0.29, 0.717) is 25.6 Å². The maximum atomic E-state index is 13.1. The van der Waals surface area contributed by atoms with Crippen LogP contribution in [0.1, 0.15) is 34.4 Å². The first kappa shape index (κ1) is 25.8. The summed E-state index contributed by atoms with van der Waals surface area (Å²) < 4.78 is 29.7. The molecule has 2 heterocycles. The van der Waals surface area contributed by atoms with Crippen molar-refractivity contribution in [2.24, 2.45) is 0 Å². The standard InChI is InChI=1S/C27H33FN4O4/c1-2-35-24-9-5-22(6-10-24)18-32(12-11-31-13-15-34-16-14-31)19-26-30-25(20-36-26)27(33)29-17-21-3-7-23(28)8-4-21/h3-10,20H,2,11-19H2,1H3,(H,29,33). The van der Waals surface area contributed by atoms with E-state index < -0.39 is 0 Å². The van der Waals surface area contributed by atoms with E-state index in [4.69, 9.17) is 13.9 Å². The number of carbonyl (C=O) groups excluding carboxylic acids is 1. The van der Waals surface area contributed by atoms with Crippen molar-refractivity contribution in [3.8, 4) is 5.75 Å². The summed E-state index contributed by atoms with van der Waals surface area (Å²) in [6.07, 6.45) is 1.38. The molecular formula is C27H33FN4O4. The van der Waals surface area contributed by atoms with Gasteiger partial charge in [-0.15, -0.1) is 0 Å². The fourth-order valence-electron chi connectivity index (χ4n) is 3.99. The number of benzene rings is 2. The topological polar surface area (TPSA) is 80.1 Å². The molecule has 0 aliphatic carbocycles. The minimum atomic E-state index is -0.333. The van der Waals surface area contributed by atoms with Crippen molar-refractivity contribution in [1.29, 1.82) is 0 Å². The first-order chi connectivity index (χ1) is 17.6. The maximum absolute atomic E-state index is 13.1. The quantitative estimate of drug-likeness (QED) is 0.411. The van der Waals surface area contributed by atoms with Crippen molar-refractivity contribution >= 4 is 5.91 Å². The molecule has 1 aromatic heterocycles. The molecule has 3 aromatic rings. The molecule has 1 fully saturated rings. The van der Waals surface area contributed by atoms with Gasteiger partial charge in [-0.1, -0.05) is 24.3 Å². The van der Waals surface area contributed by atoms with E-state index in [1.54, 1.807) is 12.1 Å². The molecule has 36 heavy (non-hydrogen) atoms. The van der Waals surface area contributed by atoms with E-state index in [1.165, 1.54) is 18.4 Å². The van der Waals surface area contributed by atoms with Crippen LogP contribution in [0.15, 0.2) is 59.2 Å². The van der Waals surface area contributed by atoms with Gasteiger partial charge in [0.15, 0.2) is 5.69 Å². The fourth-order valence-corrected chi connectivity index (χ4v) is 3.99. The second kappa shape index (κ2) is 13.2. The van der Waals surface area contributed by atoms with E-state index in [-0.39, 0.29) is 24.0 Å². The van der Waals surface area contributed by atoms with Crippen LogP contribution in [0.2, 0.25) is 0 Å². The molecule has 0 unspecified atom stereocenters. The summed E-state index contributed by atoms with van der Waals surface area (Å²) in [6, 6.07) is 14.1. The third kappa shape index (κ3) is 7.87. The average Bonchev–Trinajstić information content (AvgIpc) is 3.37. The highest BCUT2D eigenvalue weighted by molar-refractivity contribution is 5.91. The Bertz CT molecular complexity index is 1080. The van der Waals surface area contributed by atoms with Crippen molar-refractivity contribution in [3.63, 3.8) is 0 Å². The van der Waals surface area contributed by atoms with Crippen molar-refractivity contribution in [3.05, 3.63) is 83.3 Å². The monoisotopic (exact) mass is 496 g/mol. The fraction of sp³-hybridized carbons (Fsp3) is 0.407. The van der Waals surface area contributed by atoms with Crippen molar-refractivity contribution in [2.75, 3.05) is 46.0 Å². The van der Waals surface area contributed by atoms with Crippen molar-refractivity contribution in [1.82, 2.24) is 20.1 Å². The summed E-state index contributed by atoms with van der Waals surface area (Å²) in [5, 5.41) is 2.80. The molecule has 0 radical (unpaired) electrons. The first-order valence-corrected chi connectivity index (χ1v) is 12.3. The van der Waals surface area contributed by atoms with Gasteiger partial charge in [0.25, 0.3) is 5.91 Å². The van der Waals surface area contributed by atoms with Crippen molar-refractivity contribution < 1.29 is 23.1 Å². The van der Waals surface area contributed by atoms with E-state index in [9.17, 15) is 9.18 Å². The molecule has 1 aliphatic rings. The second-order valence-electron chi connectivity index (χ2n) is 8.68. The summed E-state index contributed by atoms with van der Waals surface area (Å²) in [6.45, 7) is 9.17. The largest absolute Gasteiger partial charge is 0.494 e. The number of carbonyl (C=O) groups is 1. The zero-order valence-corrected chi connectivity index (χ0v) is 20.6. The summed E-state index contributed by atoms with van der Waals surface area (Å²) in [5.41, 5.74) is 2.18. The Morgan fingerprint density at radius 1 is 1.08 bits per heavy atom. The third-order valence-electron chi connectivity index (χ3n) is 5.99. The Hall–Kier alpha value is -3.27. The highest BCUT2D eigenvalue weighted by Crippen LogP contribution is 2.16. The zero-order valence-electron chi connectivity index (χ0n) is 20.6. The van der Waals surface area contributed by atoms with Crippen LogP contribution in [-0.4, -0.2) is 66.7 Å². The number of nitrogens with one attached hydrogen (secondary N) is 1. The van der Waals surface area contributed by atoms with Gasteiger partial charge in [-0.25, -0.2) is 9.37 Å². The number of morpholine rings is 1. The number of nitrogens with zero attached hydrogens (tertiary/aromatic N) is 3. The number of oxazole rings is 1. The highest BCUT2D eigenvalue weighted by Gasteiger charge is 2.17. The number of hydrogen-bond donors (Lipinski definition) is 1. The highest BCUT2D eigenvalue weighted by atomic mass is 19.1. The van der Waals surface area contributed by atoms with E-state index >= 15 is 0 Å². The number of halogens is 1. The lowest BCUT2D eigenvalue weighted by Gasteiger charge is -2.29. The molecule has 1 N–H and O–H groups in total. The molecule has 4 rings (SSSR count). The normalized spacial score (nSPS) is 14.2. The van der Waals surface area contributed by atoms with Gasteiger partial charge < -0.3 is 19.2 Å². The van der Waals surface area contributed by atoms with Crippen LogP contribution in [0, 0.1) is 5.82 Å². The van der Waals surface area contributed by atoms with Gasteiger partial charge in [-0.3, -0.25) is 14.6 Å². The summed E-state index contributed by atoms with van der Waals surface area (Å²) in [5.74, 6) is 0.690. The molecule has 1 amide bonds. The lowest BCUT2D eigenvalue weighted by Crippen LogP contribution is -2.41. The molecule has 1 saturated heterocycles. The van der Waals surface area contributed by atoms with Gasteiger partial charge in [0.1, 0.15) is 17.8 Å². The average molecular weight is 497 g/mol. The van der Waals surface area contributed by atoms with Crippen LogP contribution in [-0.2, 0) is 24.4 Å². The number of rotatable bonds is 12. The van der Waals surface area contributed by atoms with E-state index in [0.717, 1.165) is 56.3 Å². The van der Waals surface area contributed by atoms with Crippen LogP contribution in [0.3, 0.4) is 0 Å². The Balaban J connectivity index is 1.36. The van der Waals surface area contributed by atoms with Crippen LogP contribution in [0.5, 0.6) is 5.75 Å². The second-order valence-corrected chi connectivity index (χ2v) is 8.68. The minimum Gasteiger partial charge on any atom is -0.494 e. The van der Waals surface area contributed by atoms with Gasteiger partial charge in [0.05, 0.1) is 26.4 Å². The smallest absolute Gasteiger partial charge is 0.273 e. The predicted octanol–water partition coefficient (Wildman–Crippen LogP) is 3.48. The van der Waals surface area contributed by atoms with E-state index in [1.807, 2.05) is 19.1 Å². The minimum absolute atomic E-state index is 0.223. The Labute approximate surface area is 211 Å². The molecule has 0 atom stereocenters. The molecular weight excluding hydrogens is 463 g/mol. The Kier molecular flexibility index (Phi) is 9.43. The van der Waals surface area contributed by atoms with Gasteiger partial charge >= 0.3 is 0 Å². The lowest BCUT2D eigenvalue weighted by molar-refractivity contribution is 0.0320. The third-order valence-corrected chi connectivity index (χ3v) is 5.99. The summed E-state index contributed by atoms with van der Waals surface area (Å²) >= 11 is 0. The zero-order chi connectivity index (χ0) is 25.2. The van der Waals surface area contributed by atoms with Crippen LogP contribution in [0.25, 0.3) is 0 Å². The number of hydrogen-bond acceptors (Lipinski definition) is 7. The number of ether oxygens (including phenoxy) is 2. The first-order valence-electron chi connectivity index (χ1n) is 12.3. The molecule has 0 spiro atoms. The molecule has 8 nitrogen and oxygen atoms in total. The molecule has 1 aliphatic heterocycles. The van der Waals surface area contributed by atoms with Crippen LogP contribution < -0.4 is 10.1 Å². The SMILES string of the molecule is CCOc1ccc(CN(CCN2CCOCC2)Cc2nc(C(=O)NCc3ccc(F)cc3)co2)cc1. The number of aromatic nitrogens is 1. The summed E-state index contributed by atoms with van der Waals surface area (Å²) in [4.78, 5) is 21.6. The molecule has 0 saturated carbocycles. The van der Waals surface area contributed by atoms with Gasteiger partial charge in [0.2, 0.25) is 5.89 Å². The molecule has 192 valence electrons. The van der Waals surface area contributed by atoms with Crippen molar-refractivity contribution in [2.45, 2.75) is 26.6 Å². The maximum Gasteiger partial charge on any atom is 0.273 e. The summed E-state index contributed by atoms with van der Waals surface area (Å²) in [7, 11) is 0. The molecule has 9 heteroatoms. The van der Waals surface area contributed by atoms with Gasteiger partial charge in [0, 0.05) is 39.3 Å². The molecule has 0 bridgehead atoms. The molecule has 2 aromatic carbocycles. The number of amides is 1. The Morgan fingerprint density at radius 3 is 2.53 bits per heavy atom. The van der Waals surface area contributed by atoms with Gasteiger partial charge in [-0.2, -0.15) is 0 Å². The van der Waals surface area contributed by atoms with E-state index in [2.05, 4.69) is 32.2 Å².